The van der Waals surface area contributed by atoms with Gasteiger partial charge in [0.05, 0.1) is 5.92 Å². The second-order valence-corrected chi connectivity index (χ2v) is 6.40. The highest BCUT2D eigenvalue weighted by molar-refractivity contribution is 9.09. The number of halogens is 1. The van der Waals surface area contributed by atoms with Crippen LogP contribution >= 0.6 is 15.9 Å². The van der Waals surface area contributed by atoms with Crippen molar-refractivity contribution < 1.29 is 28.5 Å². The quantitative estimate of drug-likeness (QED) is 0.567. The Kier molecular flexibility index (Phi) is 3.79. The number of carbonyl (C=O) groups excluding carboxylic acids is 2. The molecule has 0 aliphatic carbocycles. The van der Waals surface area contributed by atoms with E-state index in [0.29, 0.717) is 0 Å². The third-order valence-electron chi connectivity index (χ3n) is 3.16. The summed E-state index contributed by atoms with van der Waals surface area (Å²) in [5.74, 6) is -0.634. The normalized spacial score (nSPS) is 36.4. The minimum absolute atomic E-state index is 0.269. The number of fused-ring (bicyclic) bond motifs is 1. The number of rotatable bonds is 2. The molecule has 7 heteroatoms. The first kappa shape index (κ1) is 14.6. The van der Waals surface area contributed by atoms with Crippen LogP contribution in [0.3, 0.4) is 0 Å². The lowest BCUT2D eigenvalue weighted by Crippen LogP contribution is -2.61. The zero-order valence-corrected chi connectivity index (χ0v) is 12.8. The lowest BCUT2D eigenvalue weighted by Gasteiger charge is -2.44. The van der Waals surface area contributed by atoms with Crippen LogP contribution in [0.4, 0.5) is 4.79 Å². The molecule has 0 spiro atoms. The van der Waals surface area contributed by atoms with Crippen LogP contribution < -0.4 is 0 Å². The first-order chi connectivity index (χ1) is 8.72. The van der Waals surface area contributed by atoms with Gasteiger partial charge in [0, 0.05) is 0 Å². The minimum Gasteiger partial charge on any atom is -0.455 e. The molecule has 108 valence electrons. The maximum Gasteiger partial charge on any atom is 0.509 e. The highest BCUT2D eigenvalue weighted by Crippen LogP contribution is 2.40. The molecule has 2 saturated heterocycles. The maximum absolute atomic E-state index is 11.8. The van der Waals surface area contributed by atoms with Crippen LogP contribution in [0.2, 0.25) is 0 Å². The van der Waals surface area contributed by atoms with Crippen molar-refractivity contribution in [3.63, 3.8) is 0 Å². The van der Waals surface area contributed by atoms with Crippen LogP contribution in [0.1, 0.15) is 27.7 Å². The van der Waals surface area contributed by atoms with Gasteiger partial charge in [-0.25, -0.2) is 4.79 Å². The molecular weight excluding hydrogens is 320 g/mol. The van der Waals surface area contributed by atoms with Crippen LogP contribution in [-0.4, -0.2) is 41.1 Å². The van der Waals surface area contributed by atoms with Crippen molar-refractivity contribution in [2.45, 2.75) is 56.6 Å². The lowest BCUT2D eigenvalue weighted by atomic mass is 9.90. The lowest BCUT2D eigenvalue weighted by molar-refractivity contribution is -0.221. The van der Waals surface area contributed by atoms with Gasteiger partial charge in [0.2, 0.25) is 0 Å². The Morgan fingerprint density at radius 1 is 1.32 bits per heavy atom. The third-order valence-corrected chi connectivity index (χ3v) is 3.87. The first-order valence-electron chi connectivity index (χ1n) is 6.12. The van der Waals surface area contributed by atoms with Crippen LogP contribution in [0.25, 0.3) is 0 Å². The van der Waals surface area contributed by atoms with Crippen molar-refractivity contribution in [1.29, 1.82) is 0 Å². The van der Waals surface area contributed by atoms with Gasteiger partial charge in [0.25, 0.3) is 0 Å². The molecule has 2 heterocycles. The average Bonchev–Trinajstić information content (AvgIpc) is 2.65. The van der Waals surface area contributed by atoms with Gasteiger partial charge in [-0.1, -0.05) is 29.8 Å². The van der Waals surface area contributed by atoms with Crippen molar-refractivity contribution in [3.05, 3.63) is 0 Å². The molecule has 0 aromatic heterocycles. The molecule has 2 aliphatic heterocycles. The largest absolute Gasteiger partial charge is 0.509 e. The smallest absolute Gasteiger partial charge is 0.455 e. The van der Waals surface area contributed by atoms with Crippen LogP contribution in [0.5, 0.6) is 0 Å². The third kappa shape index (κ3) is 2.72. The van der Waals surface area contributed by atoms with E-state index < -0.39 is 35.1 Å². The van der Waals surface area contributed by atoms with E-state index in [1.807, 2.05) is 0 Å². The average molecular weight is 337 g/mol. The van der Waals surface area contributed by atoms with E-state index in [9.17, 15) is 9.59 Å². The highest BCUT2D eigenvalue weighted by atomic mass is 79.9. The number of alkyl halides is 1. The fourth-order valence-corrected chi connectivity index (χ4v) is 3.00. The van der Waals surface area contributed by atoms with Crippen molar-refractivity contribution >= 4 is 28.1 Å². The predicted octanol–water partition coefficient (Wildman–Crippen LogP) is 1.99. The van der Waals surface area contributed by atoms with Gasteiger partial charge < -0.3 is 18.9 Å². The molecule has 0 amide bonds. The van der Waals surface area contributed by atoms with E-state index in [1.165, 1.54) is 0 Å². The fraction of sp³-hybridized carbons (Fsp3) is 0.833. The van der Waals surface area contributed by atoms with E-state index in [1.54, 1.807) is 27.7 Å². The van der Waals surface area contributed by atoms with Crippen LogP contribution in [0, 0.1) is 5.92 Å². The molecule has 4 atom stereocenters. The number of ether oxygens (including phenoxy) is 4. The first-order valence-corrected chi connectivity index (χ1v) is 7.03. The van der Waals surface area contributed by atoms with E-state index in [0.717, 1.165) is 0 Å². The van der Waals surface area contributed by atoms with Crippen LogP contribution in [0.15, 0.2) is 0 Å². The summed E-state index contributed by atoms with van der Waals surface area (Å²) in [6.07, 6.45) is -2.76. The summed E-state index contributed by atoms with van der Waals surface area (Å²) in [6.45, 7) is 7.03. The molecule has 19 heavy (non-hydrogen) atoms. The fourth-order valence-electron chi connectivity index (χ4n) is 2.11. The van der Waals surface area contributed by atoms with E-state index >= 15 is 0 Å². The Morgan fingerprint density at radius 2 is 1.89 bits per heavy atom. The molecule has 1 unspecified atom stereocenters. The second kappa shape index (κ2) is 4.94. The predicted molar refractivity (Wildman–Crippen MR) is 67.7 cm³/mol. The van der Waals surface area contributed by atoms with Gasteiger partial charge in [-0.2, -0.15) is 0 Å². The molecule has 2 fully saturated rings. The Labute approximate surface area is 119 Å². The summed E-state index contributed by atoms with van der Waals surface area (Å²) < 4.78 is 21.3. The van der Waals surface area contributed by atoms with E-state index in [4.69, 9.17) is 18.9 Å². The topological polar surface area (TPSA) is 71.1 Å². The summed E-state index contributed by atoms with van der Waals surface area (Å²) in [6, 6.07) is 0. The zero-order valence-electron chi connectivity index (χ0n) is 11.2. The maximum atomic E-state index is 11.8. The second-order valence-electron chi connectivity index (χ2n) is 5.50. The van der Waals surface area contributed by atoms with Crippen molar-refractivity contribution in [3.8, 4) is 0 Å². The Bertz CT molecular complexity index is 394. The molecule has 0 radical (unpaired) electrons. The van der Waals surface area contributed by atoms with Gasteiger partial charge >= 0.3 is 12.1 Å². The molecule has 0 aromatic rings. The molecule has 0 aromatic carbocycles. The van der Waals surface area contributed by atoms with Gasteiger partial charge in [-0.15, -0.1) is 0 Å². The summed E-state index contributed by atoms with van der Waals surface area (Å²) >= 11 is 3.30. The van der Waals surface area contributed by atoms with Gasteiger partial charge in [0.15, 0.2) is 23.3 Å². The summed E-state index contributed by atoms with van der Waals surface area (Å²) in [7, 11) is 0. The molecule has 0 saturated carbocycles. The molecule has 0 N–H and O–H groups in total. The van der Waals surface area contributed by atoms with Crippen molar-refractivity contribution in [2.75, 3.05) is 0 Å². The number of esters is 1. The Morgan fingerprint density at radius 3 is 2.47 bits per heavy atom. The van der Waals surface area contributed by atoms with Gasteiger partial charge in [-0.3, -0.25) is 4.79 Å². The monoisotopic (exact) mass is 336 g/mol. The molecule has 6 nitrogen and oxygen atoms in total. The standard InChI is InChI=1S/C12H17BrO6/c1-5(2)10(14)18-8-6-7(17-11(15)16-6)9(13)19-12(8,3)4/h5-9H,1-4H3/t6-,7+,8+,9?/m1/s1. The van der Waals surface area contributed by atoms with Gasteiger partial charge in [-0.05, 0) is 13.8 Å². The van der Waals surface area contributed by atoms with Crippen molar-refractivity contribution in [1.82, 2.24) is 0 Å². The van der Waals surface area contributed by atoms with Crippen molar-refractivity contribution in [2.24, 2.45) is 5.92 Å². The van der Waals surface area contributed by atoms with E-state index in [2.05, 4.69) is 15.9 Å². The summed E-state index contributed by atoms with van der Waals surface area (Å²) in [5.41, 5.74) is -0.784. The molecule has 2 rings (SSSR count). The SMILES string of the molecule is CC(C)C(=O)O[C@H]1[C@@H]2OC(=O)O[C@@H]2C(Br)OC1(C)C. The highest BCUT2D eigenvalue weighted by Gasteiger charge is 2.58. The number of hydrogen-bond donors (Lipinski definition) is 0. The molecular formula is C12H17BrO6. The Balaban J connectivity index is 2.22. The van der Waals surface area contributed by atoms with Gasteiger partial charge in [0.1, 0.15) is 5.60 Å². The molecule has 0 bridgehead atoms. The molecule has 2 aliphatic rings. The zero-order chi connectivity index (χ0) is 14.4. The van der Waals surface area contributed by atoms with E-state index in [-0.39, 0.29) is 11.9 Å². The Hall–Kier alpha value is -0.820. The van der Waals surface area contributed by atoms with Crippen LogP contribution in [-0.2, 0) is 23.7 Å². The summed E-state index contributed by atoms with van der Waals surface area (Å²) in [5, 5.41) is -0.493. The number of hydrogen-bond acceptors (Lipinski definition) is 6. The minimum atomic E-state index is -0.784. The summed E-state index contributed by atoms with van der Waals surface area (Å²) in [4.78, 5) is 23.0. The number of carbonyl (C=O) groups is 2.